The first-order valence-electron chi connectivity index (χ1n) is 10.0. The van der Waals surface area contributed by atoms with Gasteiger partial charge in [-0.3, -0.25) is 14.6 Å². The molecule has 0 aliphatic rings. The fourth-order valence-electron chi connectivity index (χ4n) is 3.47. The highest BCUT2D eigenvalue weighted by atomic mass is 16.5. The number of para-hydroxylation sites is 1. The van der Waals surface area contributed by atoms with E-state index in [0.29, 0.717) is 12.3 Å². The Hall–Kier alpha value is -3.99. The molecule has 0 aliphatic heterocycles. The Morgan fingerprint density at radius 1 is 0.871 bits per heavy atom. The number of pyridine rings is 1. The summed E-state index contributed by atoms with van der Waals surface area (Å²) in [5.41, 5.74) is 1.95. The van der Waals surface area contributed by atoms with E-state index in [4.69, 9.17) is 4.74 Å². The van der Waals surface area contributed by atoms with Crippen molar-refractivity contribution in [2.24, 2.45) is 0 Å². The molecule has 5 heteroatoms. The maximum absolute atomic E-state index is 13.2. The van der Waals surface area contributed by atoms with Gasteiger partial charge in [0, 0.05) is 18.0 Å². The smallest absolute Gasteiger partial charge is 0.235 e. The van der Waals surface area contributed by atoms with Crippen LogP contribution in [0.5, 0.6) is 5.75 Å². The minimum atomic E-state index is -0.344. The van der Waals surface area contributed by atoms with Gasteiger partial charge in [-0.05, 0) is 40.6 Å². The molecule has 3 aromatic carbocycles. The van der Waals surface area contributed by atoms with Gasteiger partial charge in [0.05, 0.1) is 20.1 Å². The van der Waals surface area contributed by atoms with E-state index in [-0.39, 0.29) is 23.8 Å². The van der Waals surface area contributed by atoms with Gasteiger partial charge < -0.3 is 9.64 Å². The number of methoxy groups -OCH3 is 1. The Labute approximate surface area is 180 Å². The van der Waals surface area contributed by atoms with Crippen molar-refractivity contribution in [3.8, 4) is 5.75 Å². The van der Waals surface area contributed by atoms with E-state index in [1.165, 1.54) is 13.3 Å². The highest BCUT2D eigenvalue weighted by molar-refractivity contribution is 6.11. The van der Waals surface area contributed by atoms with Gasteiger partial charge in [-0.15, -0.1) is 0 Å². The third-order valence-corrected chi connectivity index (χ3v) is 5.09. The number of anilines is 1. The van der Waals surface area contributed by atoms with Crippen LogP contribution in [0, 0.1) is 0 Å². The van der Waals surface area contributed by atoms with Crippen LogP contribution in [0.2, 0.25) is 0 Å². The Morgan fingerprint density at radius 2 is 1.61 bits per heavy atom. The Morgan fingerprint density at radius 3 is 2.39 bits per heavy atom. The summed E-state index contributed by atoms with van der Waals surface area (Å²) in [5.74, 6) is -0.0980. The van der Waals surface area contributed by atoms with Crippen molar-refractivity contribution in [2.75, 3.05) is 12.0 Å². The molecule has 0 spiro atoms. The zero-order valence-corrected chi connectivity index (χ0v) is 17.2. The van der Waals surface area contributed by atoms with Crippen LogP contribution in [0.4, 0.5) is 5.69 Å². The summed E-state index contributed by atoms with van der Waals surface area (Å²) in [5, 5.41) is 2.25. The van der Waals surface area contributed by atoms with E-state index in [0.717, 1.165) is 22.0 Å². The van der Waals surface area contributed by atoms with Crippen LogP contribution < -0.4 is 9.64 Å². The fraction of sp³-hybridized carbons (Fsp3) is 0.115. The van der Waals surface area contributed by atoms with E-state index in [1.54, 1.807) is 17.0 Å². The highest BCUT2D eigenvalue weighted by Gasteiger charge is 2.21. The van der Waals surface area contributed by atoms with Crippen molar-refractivity contribution < 1.29 is 14.3 Å². The second-order valence-electron chi connectivity index (χ2n) is 7.18. The lowest BCUT2D eigenvalue weighted by atomic mass is 10.1. The van der Waals surface area contributed by atoms with Crippen molar-refractivity contribution in [3.05, 3.63) is 102 Å². The summed E-state index contributed by atoms with van der Waals surface area (Å²) in [7, 11) is 1.52. The molecule has 0 radical (unpaired) electrons. The number of hydrogen-bond donors (Lipinski definition) is 0. The number of ether oxygens (including phenoxy) is 1. The first-order chi connectivity index (χ1) is 15.1. The molecule has 0 unspecified atom stereocenters. The molecule has 1 amide bonds. The van der Waals surface area contributed by atoms with E-state index in [1.807, 2.05) is 60.7 Å². The van der Waals surface area contributed by atoms with Crippen molar-refractivity contribution in [2.45, 2.75) is 13.0 Å². The standard InChI is InChI=1S/C26H22N2O3/c1-31-23-13-14-27-24(16-23)25(29)17-26(30)28(22-9-3-2-4-10-22)18-19-11-12-20-7-5-6-8-21(20)15-19/h2-16H,17-18H2,1H3. The summed E-state index contributed by atoms with van der Waals surface area (Å²) in [6.07, 6.45) is 1.23. The first-order valence-corrected chi connectivity index (χ1v) is 10.0. The summed E-state index contributed by atoms with van der Waals surface area (Å²) >= 11 is 0. The molecule has 4 rings (SSSR count). The SMILES string of the molecule is COc1ccnc(C(=O)CC(=O)N(Cc2ccc3ccccc3c2)c2ccccc2)c1. The van der Waals surface area contributed by atoms with Crippen LogP contribution in [0.25, 0.3) is 10.8 Å². The summed E-state index contributed by atoms with van der Waals surface area (Å²) in [6.45, 7) is 0.368. The van der Waals surface area contributed by atoms with Crippen LogP contribution in [-0.2, 0) is 11.3 Å². The minimum Gasteiger partial charge on any atom is -0.497 e. The predicted octanol–water partition coefficient (Wildman–Crippen LogP) is 5.05. The number of benzene rings is 3. The molecule has 5 nitrogen and oxygen atoms in total. The third kappa shape index (κ3) is 4.78. The summed E-state index contributed by atoms with van der Waals surface area (Å²) < 4.78 is 5.15. The topological polar surface area (TPSA) is 59.5 Å². The Bertz CT molecular complexity index is 1220. The number of ketones is 1. The lowest BCUT2D eigenvalue weighted by Crippen LogP contribution is -2.32. The van der Waals surface area contributed by atoms with Gasteiger partial charge >= 0.3 is 0 Å². The molecule has 4 aromatic rings. The molecular formula is C26H22N2O3. The maximum Gasteiger partial charge on any atom is 0.235 e. The van der Waals surface area contributed by atoms with Crippen molar-refractivity contribution in [1.82, 2.24) is 4.98 Å². The average molecular weight is 410 g/mol. The van der Waals surface area contributed by atoms with Gasteiger partial charge in [0.1, 0.15) is 11.4 Å². The normalized spacial score (nSPS) is 10.6. The Balaban J connectivity index is 1.59. The number of amides is 1. The monoisotopic (exact) mass is 410 g/mol. The molecule has 0 atom stereocenters. The number of carbonyl (C=O) groups excluding carboxylic acids is 2. The largest absolute Gasteiger partial charge is 0.497 e. The van der Waals surface area contributed by atoms with Crippen molar-refractivity contribution >= 4 is 28.2 Å². The van der Waals surface area contributed by atoms with Gasteiger partial charge in [-0.2, -0.15) is 0 Å². The quantitative estimate of drug-likeness (QED) is 0.316. The van der Waals surface area contributed by atoms with E-state index in [2.05, 4.69) is 17.1 Å². The maximum atomic E-state index is 13.2. The molecule has 31 heavy (non-hydrogen) atoms. The highest BCUT2D eigenvalue weighted by Crippen LogP contribution is 2.22. The second kappa shape index (κ2) is 9.22. The van der Waals surface area contributed by atoms with E-state index < -0.39 is 0 Å². The molecule has 0 bridgehead atoms. The summed E-state index contributed by atoms with van der Waals surface area (Å²) in [6, 6.07) is 26.8. The van der Waals surface area contributed by atoms with Crippen LogP contribution in [0.15, 0.2) is 91.1 Å². The molecule has 0 saturated heterocycles. The molecule has 1 aromatic heterocycles. The second-order valence-corrected chi connectivity index (χ2v) is 7.18. The third-order valence-electron chi connectivity index (χ3n) is 5.09. The number of rotatable bonds is 7. The molecule has 154 valence electrons. The zero-order valence-electron chi connectivity index (χ0n) is 17.2. The predicted molar refractivity (Wildman–Crippen MR) is 121 cm³/mol. The number of hydrogen-bond acceptors (Lipinski definition) is 4. The number of Topliss-reactive ketones (excluding diaryl/α,β-unsaturated/α-hetero) is 1. The van der Waals surface area contributed by atoms with Crippen LogP contribution in [-0.4, -0.2) is 23.8 Å². The van der Waals surface area contributed by atoms with Gasteiger partial charge in [-0.1, -0.05) is 54.6 Å². The zero-order chi connectivity index (χ0) is 21.6. The fourth-order valence-corrected chi connectivity index (χ4v) is 3.47. The minimum absolute atomic E-state index is 0.214. The number of carbonyl (C=O) groups is 2. The average Bonchev–Trinajstić information content (AvgIpc) is 2.83. The van der Waals surface area contributed by atoms with E-state index in [9.17, 15) is 9.59 Å². The van der Waals surface area contributed by atoms with Crippen LogP contribution >= 0.6 is 0 Å². The molecule has 0 N–H and O–H groups in total. The van der Waals surface area contributed by atoms with Gasteiger partial charge in [0.15, 0.2) is 5.78 Å². The van der Waals surface area contributed by atoms with Gasteiger partial charge in [0.2, 0.25) is 5.91 Å². The lowest BCUT2D eigenvalue weighted by Gasteiger charge is -2.23. The molecular weight excluding hydrogens is 388 g/mol. The molecule has 1 heterocycles. The van der Waals surface area contributed by atoms with Crippen LogP contribution in [0.1, 0.15) is 22.5 Å². The molecule has 0 saturated carbocycles. The number of aromatic nitrogens is 1. The number of nitrogens with zero attached hydrogens (tertiary/aromatic N) is 2. The van der Waals surface area contributed by atoms with Gasteiger partial charge in [-0.25, -0.2) is 0 Å². The molecule has 0 fully saturated rings. The number of fused-ring (bicyclic) bond motifs is 1. The summed E-state index contributed by atoms with van der Waals surface area (Å²) in [4.78, 5) is 31.6. The van der Waals surface area contributed by atoms with E-state index >= 15 is 0 Å². The first kappa shape index (κ1) is 20.3. The lowest BCUT2D eigenvalue weighted by molar-refractivity contribution is -0.117. The Kier molecular flexibility index (Phi) is 6.03. The van der Waals surface area contributed by atoms with Gasteiger partial charge in [0.25, 0.3) is 0 Å². The van der Waals surface area contributed by atoms with Crippen molar-refractivity contribution in [1.29, 1.82) is 0 Å². The van der Waals surface area contributed by atoms with Crippen molar-refractivity contribution in [3.63, 3.8) is 0 Å². The molecule has 0 aliphatic carbocycles. The van der Waals surface area contributed by atoms with Crippen LogP contribution in [0.3, 0.4) is 0 Å².